The molecule has 1 unspecified atom stereocenters. The fourth-order valence-corrected chi connectivity index (χ4v) is 3.73. The summed E-state index contributed by atoms with van der Waals surface area (Å²) in [5.41, 5.74) is 4.43. The zero-order valence-corrected chi connectivity index (χ0v) is 15.9. The van der Waals surface area contributed by atoms with Gasteiger partial charge in [0.2, 0.25) is 0 Å². The number of imide groups is 1. The minimum Gasteiger partial charge on any atom is -0.369 e. The molecule has 2 amide bonds. The van der Waals surface area contributed by atoms with Gasteiger partial charge in [-0.2, -0.15) is 0 Å². The van der Waals surface area contributed by atoms with Crippen LogP contribution < -0.4 is 5.32 Å². The molecule has 1 atom stereocenters. The lowest BCUT2D eigenvalue weighted by atomic mass is 10.0. The maximum atomic E-state index is 11.6. The highest BCUT2D eigenvalue weighted by atomic mass is 32.2. The molecule has 1 heterocycles. The molecule has 28 heavy (non-hydrogen) atoms. The summed E-state index contributed by atoms with van der Waals surface area (Å²) in [7, 11) is 0. The fourth-order valence-electron chi connectivity index (χ4n) is 3.05. The maximum Gasteiger partial charge on any atom is 0.290 e. The van der Waals surface area contributed by atoms with Crippen LogP contribution in [0.25, 0.3) is 11.1 Å². The van der Waals surface area contributed by atoms with Crippen molar-refractivity contribution in [2.24, 2.45) is 0 Å². The number of nitrogens with one attached hydrogen (secondary N) is 1. The third-order valence-electron chi connectivity index (χ3n) is 4.55. The Labute approximate surface area is 168 Å². The van der Waals surface area contributed by atoms with Crippen molar-refractivity contribution >= 4 is 22.9 Å². The first-order chi connectivity index (χ1) is 13.7. The van der Waals surface area contributed by atoms with Gasteiger partial charge in [-0.25, -0.2) is 0 Å². The van der Waals surface area contributed by atoms with E-state index in [2.05, 4.69) is 41.7 Å². The Morgan fingerprint density at radius 1 is 1.04 bits per heavy atom. The van der Waals surface area contributed by atoms with Gasteiger partial charge in [0.25, 0.3) is 11.1 Å². The van der Waals surface area contributed by atoms with Gasteiger partial charge in [-0.1, -0.05) is 72.8 Å². The number of benzene rings is 2. The van der Waals surface area contributed by atoms with E-state index in [-0.39, 0.29) is 17.3 Å². The van der Waals surface area contributed by atoms with Crippen molar-refractivity contribution in [3.8, 4) is 11.1 Å². The average molecular weight is 389 g/mol. The number of ether oxygens (including phenoxy) is 1. The predicted octanol–water partition coefficient (Wildman–Crippen LogP) is 4.99. The zero-order chi connectivity index (χ0) is 19.3. The first kappa shape index (κ1) is 18.5. The standard InChI is InChI=1S/C23H19NO3S/c25-22-21(28-23(26)24-22)14-16-8-12-20(13-9-16)27-15-17-6-10-19(11-7-17)18-4-2-1-3-5-18/h1-12,14,20H,13,15H2,(H,24,25,26)/b21-14-. The van der Waals surface area contributed by atoms with Crippen LogP contribution in [0.4, 0.5) is 4.79 Å². The molecule has 1 fully saturated rings. The van der Waals surface area contributed by atoms with Gasteiger partial charge in [0.05, 0.1) is 17.6 Å². The van der Waals surface area contributed by atoms with Gasteiger partial charge >= 0.3 is 0 Å². The maximum absolute atomic E-state index is 11.6. The first-order valence-electron chi connectivity index (χ1n) is 9.06. The molecule has 0 saturated carbocycles. The Balaban J connectivity index is 1.30. The van der Waals surface area contributed by atoms with Crippen molar-refractivity contribution in [1.82, 2.24) is 5.32 Å². The smallest absolute Gasteiger partial charge is 0.290 e. The lowest BCUT2D eigenvalue weighted by molar-refractivity contribution is -0.115. The minimum absolute atomic E-state index is 0.00244. The summed E-state index contributed by atoms with van der Waals surface area (Å²) >= 11 is 0.931. The van der Waals surface area contributed by atoms with Crippen LogP contribution in [0.2, 0.25) is 0 Å². The van der Waals surface area contributed by atoms with Gasteiger partial charge in [0, 0.05) is 0 Å². The molecule has 1 saturated heterocycles. The van der Waals surface area contributed by atoms with Crippen molar-refractivity contribution in [2.75, 3.05) is 0 Å². The van der Waals surface area contributed by atoms with Gasteiger partial charge in [-0.15, -0.1) is 0 Å². The van der Waals surface area contributed by atoms with E-state index < -0.39 is 0 Å². The molecule has 0 bridgehead atoms. The first-order valence-corrected chi connectivity index (χ1v) is 9.88. The van der Waals surface area contributed by atoms with Crippen LogP contribution in [0.3, 0.4) is 0 Å². The Kier molecular flexibility index (Phi) is 5.55. The topological polar surface area (TPSA) is 55.4 Å². The van der Waals surface area contributed by atoms with E-state index in [4.69, 9.17) is 4.74 Å². The highest BCUT2D eigenvalue weighted by Gasteiger charge is 2.25. The van der Waals surface area contributed by atoms with E-state index in [1.54, 1.807) is 6.08 Å². The van der Waals surface area contributed by atoms with Crippen LogP contribution in [0.5, 0.6) is 0 Å². The second kappa shape index (κ2) is 8.42. The third kappa shape index (κ3) is 4.50. The van der Waals surface area contributed by atoms with Crippen molar-refractivity contribution in [3.05, 3.63) is 94.9 Å². The van der Waals surface area contributed by atoms with E-state index in [0.29, 0.717) is 11.5 Å². The van der Waals surface area contributed by atoms with Crippen LogP contribution >= 0.6 is 11.8 Å². The second-order valence-electron chi connectivity index (χ2n) is 6.56. The Hall–Kier alpha value is -2.89. The summed E-state index contributed by atoms with van der Waals surface area (Å²) in [4.78, 5) is 23.2. The van der Waals surface area contributed by atoms with Gasteiger partial charge in [-0.05, 0) is 46.5 Å². The second-order valence-corrected chi connectivity index (χ2v) is 7.58. The Bertz CT molecular complexity index is 975. The van der Waals surface area contributed by atoms with Crippen LogP contribution in [0.1, 0.15) is 12.0 Å². The zero-order valence-electron chi connectivity index (χ0n) is 15.1. The van der Waals surface area contributed by atoms with Gasteiger partial charge in [0.15, 0.2) is 0 Å². The predicted molar refractivity (Wildman–Crippen MR) is 112 cm³/mol. The number of hydrogen-bond donors (Lipinski definition) is 1. The molecule has 140 valence electrons. The molecular formula is C23H19NO3S. The van der Waals surface area contributed by atoms with E-state index in [0.717, 1.165) is 29.3 Å². The molecule has 0 spiro atoms. The summed E-state index contributed by atoms with van der Waals surface area (Å²) in [5, 5.41) is 1.94. The van der Waals surface area contributed by atoms with Crippen LogP contribution in [-0.4, -0.2) is 17.3 Å². The Morgan fingerprint density at radius 2 is 1.79 bits per heavy atom. The number of allylic oxidation sites excluding steroid dienone is 3. The van der Waals surface area contributed by atoms with E-state index in [9.17, 15) is 9.59 Å². The molecule has 2 aromatic carbocycles. The van der Waals surface area contributed by atoms with E-state index in [1.165, 1.54) is 11.1 Å². The molecule has 1 N–H and O–H groups in total. The summed E-state index contributed by atoms with van der Waals surface area (Å²) in [6, 6.07) is 18.7. The number of carbonyl (C=O) groups is 2. The van der Waals surface area contributed by atoms with Gasteiger partial charge < -0.3 is 4.74 Å². The highest BCUT2D eigenvalue weighted by Crippen LogP contribution is 2.26. The monoisotopic (exact) mass is 389 g/mol. The molecular weight excluding hydrogens is 370 g/mol. The normalized spacial score (nSPS) is 20.4. The SMILES string of the molecule is O=C1NC(=O)/C(=C/C2=CCC(OCc3ccc(-c4ccccc4)cc3)C=C2)S1. The summed E-state index contributed by atoms with van der Waals surface area (Å²) in [6.07, 6.45) is 8.41. The third-order valence-corrected chi connectivity index (χ3v) is 5.36. The lowest BCUT2D eigenvalue weighted by Gasteiger charge is -2.16. The molecule has 1 aliphatic heterocycles. The molecule has 2 aromatic rings. The molecule has 0 aromatic heterocycles. The van der Waals surface area contributed by atoms with Crippen molar-refractivity contribution in [2.45, 2.75) is 19.1 Å². The molecule has 5 heteroatoms. The molecule has 2 aliphatic rings. The Morgan fingerprint density at radius 3 is 2.43 bits per heavy atom. The minimum atomic E-state index is -0.332. The van der Waals surface area contributed by atoms with Crippen LogP contribution in [-0.2, 0) is 16.1 Å². The average Bonchev–Trinajstić information content (AvgIpc) is 3.05. The largest absolute Gasteiger partial charge is 0.369 e. The quantitative estimate of drug-likeness (QED) is 0.732. The molecule has 4 rings (SSSR count). The fraction of sp³-hybridized carbons (Fsp3) is 0.130. The van der Waals surface area contributed by atoms with Gasteiger partial charge in [0.1, 0.15) is 0 Å². The van der Waals surface area contributed by atoms with Crippen LogP contribution in [0, 0.1) is 0 Å². The van der Waals surface area contributed by atoms with Crippen molar-refractivity contribution in [3.63, 3.8) is 0 Å². The molecule has 1 aliphatic carbocycles. The number of amides is 2. The van der Waals surface area contributed by atoms with Crippen molar-refractivity contribution in [1.29, 1.82) is 0 Å². The summed E-state index contributed by atoms with van der Waals surface area (Å²) in [6.45, 7) is 0.543. The summed E-state index contributed by atoms with van der Waals surface area (Å²) in [5.74, 6) is -0.332. The summed E-state index contributed by atoms with van der Waals surface area (Å²) < 4.78 is 5.98. The number of thioether (sulfide) groups is 1. The van der Waals surface area contributed by atoms with Crippen molar-refractivity contribution < 1.29 is 14.3 Å². The van der Waals surface area contributed by atoms with Gasteiger partial charge in [-0.3, -0.25) is 14.9 Å². The number of hydrogen-bond acceptors (Lipinski definition) is 4. The lowest BCUT2D eigenvalue weighted by Crippen LogP contribution is -2.18. The molecule has 4 nitrogen and oxygen atoms in total. The number of rotatable bonds is 5. The number of carbonyl (C=O) groups excluding carboxylic acids is 2. The molecule has 0 radical (unpaired) electrons. The van der Waals surface area contributed by atoms with Crippen LogP contribution in [0.15, 0.2) is 89.4 Å². The van der Waals surface area contributed by atoms with E-state index in [1.807, 2.05) is 36.4 Å². The highest BCUT2D eigenvalue weighted by molar-refractivity contribution is 8.18. The van der Waals surface area contributed by atoms with E-state index >= 15 is 0 Å².